The Labute approximate surface area is 196 Å². The molecule has 4 rings (SSSR count). The van der Waals surface area contributed by atoms with Gasteiger partial charge in [-0.15, -0.1) is 10.2 Å². The maximum atomic E-state index is 12.5. The van der Waals surface area contributed by atoms with Crippen LogP contribution in [0.25, 0.3) is 11.4 Å². The van der Waals surface area contributed by atoms with Crippen molar-refractivity contribution in [2.45, 2.75) is 43.3 Å². The van der Waals surface area contributed by atoms with Crippen molar-refractivity contribution >= 4 is 29.3 Å². The lowest BCUT2D eigenvalue weighted by atomic mass is 9.95. The van der Waals surface area contributed by atoms with Gasteiger partial charge in [-0.3, -0.25) is 14.2 Å². The molecule has 2 amide bonds. The lowest BCUT2D eigenvalue weighted by molar-refractivity contribution is -0.113. The van der Waals surface area contributed by atoms with Crippen molar-refractivity contribution in [2.24, 2.45) is 5.73 Å². The van der Waals surface area contributed by atoms with Crippen molar-refractivity contribution in [1.82, 2.24) is 14.8 Å². The van der Waals surface area contributed by atoms with Crippen LogP contribution in [-0.2, 0) is 4.79 Å². The first-order chi connectivity index (χ1) is 16.0. The number of hydrogen-bond acceptors (Lipinski definition) is 6. The molecule has 0 saturated heterocycles. The molecular formula is C24H27N5O3S. The van der Waals surface area contributed by atoms with Gasteiger partial charge in [-0.2, -0.15) is 0 Å². The second-order valence-corrected chi connectivity index (χ2v) is 8.92. The van der Waals surface area contributed by atoms with E-state index in [2.05, 4.69) is 20.1 Å². The van der Waals surface area contributed by atoms with Crippen LogP contribution in [-0.4, -0.2) is 39.4 Å². The van der Waals surface area contributed by atoms with E-state index in [1.165, 1.54) is 31.0 Å². The van der Waals surface area contributed by atoms with E-state index in [9.17, 15) is 9.59 Å². The second-order valence-electron chi connectivity index (χ2n) is 7.97. The molecule has 1 fully saturated rings. The van der Waals surface area contributed by atoms with Crippen molar-refractivity contribution in [3.05, 3.63) is 54.1 Å². The van der Waals surface area contributed by atoms with E-state index in [4.69, 9.17) is 10.5 Å². The average molecular weight is 466 g/mol. The van der Waals surface area contributed by atoms with E-state index in [1.54, 1.807) is 31.4 Å². The van der Waals surface area contributed by atoms with E-state index in [-0.39, 0.29) is 11.7 Å². The number of nitrogens with zero attached hydrogens (tertiary/aromatic N) is 3. The number of hydrogen-bond donors (Lipinski definition) is 2. The zero-order valence-corrected chi connectivity index (χ0v) is 19.3. The van der Waals surface area contributed by atoms with Crippen LogP contribution >= 0.6 is 11.8 Å². The second kappa shape index (κ2) is 10.5. The number of aromatic nitrogens is 3. The Morgan fingerprint density at radius 3 is 2.39 bits per heavy atom. The third-order valence-electron chi connectivity index (χ3n) is 5.74. The fourth-order valence-corrected chi connectivity index (χ4v) is 4.83. The Morgan fingerprint density at radius 1 is 1.06 bits per heavy atom. The normalized spacial score (nSPS) is 14.1. The van der Waals surface area contributed by atoms with Crippen LogP contribution in [0.5, 0.6) is 5.75 Å². The molecule has 3 N–H and O–H groups in total. The minimum Gasteiger partial charge on any atom is -0.497 e. The lowest BCUT2D eigenvalue weighted by Crippen LogP contribution is -2.17. The van der Waals surface area contributed by atoms with E-state index < -0.39 is 5.91 Å². The molecule has 1 aliphatic carbocycles. The lowest BCUT2D eigenvalue weighted by Gasteiger charge is -2.25. The molecule has 33 heavy (non-hydrogen) atoms. The number of nitrogens with one attached hydrogen (secondary N) is 1. The van der Waals surface area contributed by atoms with Crippen LogP contribution in [0.2, 0.25) is 0 Å². The van der Waals surface area contributed by atoms with Crippen LogP contribution in [0.1, 0.15) is 48.5 Å². The zero-order valence-electron chi connectivity index (χ0n) is 18.5. The first kappa shape index (κ1) is 22.8. The number of carbonyl (C=O) groups is 2. The van der Waals surface area contributed by atoms with Gasteiger partial charge < -0.3 is 15.8 Å². The monoisotopic (exact) mass is 465 g/mol. The number of benzene rings is 2. The van der Waals surface area contributed by atoms with Crippen molar-refractivity contribution in [2.75, 3.05) is 18.2 Å². The molecule has 172 valence electrons. The first-order valence-electron chi connectivity index (χ1n) is 11.0. The predicted molar refractivity (Wildman–Crippen MR) is 128 cm³/mol. The third kappa shape index (κ3) is 5.54. The summed E-state index contributed by atoms with van der Waals surface area (Å²) in [7, 11) is 1.64. The molecule has 0 atom stereocenters. The number of amides is 2. The molecular weight excluding hydrogens is 438 g/mol. The Hall–Kier alpha value is -3.33. The summed E-state index contributed by atoms with van der Waals surface area (Å²) in [5, 5.41) is 12.5. The number of carbonyl (C=O) groups excluding carboxylic acids is 2. The standard InChI is InChI=1S/C24H27N5O3S/c1-32-20-13-9-17(10-14-20)23-27-28-24(29(23)19-5-3-2-4-6-19)33-15-21(30)26-18-11-7-16(8-12-18)22(25)31/h7-14,19H,2-6,15H2,1H3,(H2,25,31)(H,26,30). The first-order valence-corrected chi connectivity index (χ1v) is 12.0. The number of ether oxygens (including phenoxy) is 1. The predicted octanol–water partition coefficient (Wildman–Crippen LogP) is 4.29. The molecule has 0 spiro atoms. The molecule has 1 aromatic heterocycles. The average Bonchev–Trinajstić information content (AvgIpc) is 3.27. The molecule has 9 heteroatoms. The summed E-state index contributed by atoms with van der Waals surface area (Å²) >= 11 is 1.38. The van der Waals surface area contributed by atoms with Gasteiger partial charge in [0.1, 0.15) is 5.75 Å². The summed E-state index contributed by atoms with van der Waals surface area (Å²) in [4.78, 5) is 23.7. The highest BCUT2D eigenvalue weighted by Gasteiger charge is 2.24. The summed E-state index contributed by atoms with van der Waals surface area (Å²) in [6, 6.07) is 14.6. The smallest absolute Gasteiger partial charge is 0.248 e. The summed E-state index contributed by atoms with van der Waals surface area (Å²) in [6.07, 6.45) is 5.75. The van der Waals surface area contributed by atoms with Crippen molar-refractivity contribution in [1.29, 1.82) is 0 Å². The number of methoxy groups -OCH3 is 1. The maximum absolute atomic E-state index is 12.5. The van der Waals surface area contributed by atoms with Gasteiger partial charge in [-0.25, -0.2) is 0 Å². The van der Waals surface area contributed by atoms with E-state index in [0.717, 1.165) is 35.1 Å². The van der Waals surface area contributed by atoms with E-state index >= 15 is 0 Å². The SMILES string of the molecule is COc1ccc(-c2nnc(SCC(=O)Nc3ccc(C(N)=O)cc3)n2C2CCCCC2)cc1. The fraction of sp³-hybridized carbons (Fsp3) is 0.333. The van der Waals surface area contributed by atoms with Gasteiger partial charge in [0, 0.05) is 22.9 Å². The Balaban J connectivity index is 1.49. The number of thioether (sulfide) groups is 1. The Bertz CT molecular complexity index is 1110. The fourth-order valence-electron chi connectivity index (χ4n) is 4.03. The van der Waals surface area contributed by atoms with Crippen LogP contribution in [0, 0.1) is 0 Å². The van der Waals surface area contributed by atoms with Gasteiger partial charge in [0.05, 0.1) is 12.9 Å². The molecule has 0 aliphatic heterocycles. The van der Waals surface area contributed by atoms with Gasteiger partial charge in [-0.05, 0) is 61.4 Å². The Morgan fingerprint density at radius 2 is 1.76 bits per heavy atom. The highest BCUT2D eigenvalue weighted by Crippen LogP contribution is 2.36. The molecule has 3 aromatic rings. The van der Waals surface area contributed by atoms with Crippen molar-refractivity contribution in [3.63, 3.8) is 0 Å². The molecule has 1 saturated carbocycles. The molecule has 0 radical (unpaired) electrons. The molecule has 0 bridgehead atoms. The Kier molecular flexibility index (Phi) is 7.29. The quantitative estimate of drug-likeness (QED) is 0.480. The van der Waals surface area contributed by atoms with Gasteiger partial charge in [-0.1, -0.05) is 31.0 Å². The van der Waals surface area contributed by atoms with Crippen molar-refractivity contribution < 1.29 is 14.3 Å². The molecule has 1 heterocycles. The van der Waals surface area contributed by atoms with Gasteiger partial charge in [0.2, 0.25) is 11.8 Å². The number of rotatable bonds is 8. The minimum atomic E-state index is -0.502. The van der Waals surface area contributed by atoms with Crippen LogP contribution in [0.15, 0.2) is 53.7 Å². The highest BCUT2D eigenvalue weighted by atomic mass is 32.2. The summed E-state index contributed by atoms with van der Waals surface area (Å²) in [5.74, 6) is 1.15. The van der Waals surface area contributed by atoms with Gasteiger partial charge in [0.25, 0.3) is 0 Å². The van der Waals surface area contributed by atoms with Crippen LogP contribution < -0.4 is 15.8 Å². The zero-order chi connectivity index (χ0) is 23.2. The number of primary amides is 1. The largest absolute Gasteiger partial charge is 0.497 e. The summed E-state index contributed by atoms with van der Waals surface area (Å²) in [5.41, 5.74) is 7.24. The number of nitrogens with two attached hydrogens (primary N) is 1. The number of anilines is 1. The molecule has 1 aliphatic rings. The molecule has 2 aromatic carbocycles. The summed E-state index contributed by atoms with van der Waals surface area (Å²) in [6.45, 7) is 0. The van der Waals surface area contributed by atoms with Gasteiger partial charge >= 0.3 is 0 Å². The van der Waals surface area contributed by atoms with Crippen LogP contribution in [0.4, 0.5) is 5.69 Å². The van der Waals surface area contributed by atoms with Crippen molar-refractivity contribution in [3.8, 4) is 17.1 Å². The van der Waals surface area contributed by atoms with Gasteiger partial charge in [0.15, 0.2) is 11.0 Å². The van der Waals surface area contributed by atoms with E-state index in [1.807, 2.05) is 24.3 Å². The molecule has 8 nitrogen and oxygen atoms in total. The maximum Gasteiger partial charge on any atom is 0.248 e. The van der Waals surface area contributed by atoms with Crippen LogP contribution in [0.3, 0.4) is 0 Å². The molecule has 0 unspecified atom stereocenters. The third-order valence-corrected chi connectivity index (χ3v) is 6.68. The summed E-state index contributed by atoms with van der Waals surface area (Å²) < 4.78 is 7.47. The topological polar surface area (TPSA) is 112 Å². The minimum absolute atomic E-state index is 0.156. The van der Waals surface area contributed by atoms with E-state index in [0.29, 0.717) is 17.3 Å². The highest BCUT2D eigenvalue weighted by molar-refractivity contribution is 7.99.